The molecule has 0 aromatic carbocycles. The molecule has 1 heteroatoms. The van der Waals surface area contributed by atoms with Crippen LogP contribution in [0.2, 0.25) is 25.2 Å². The Labute approximate surface area is 112 Å². The molecule has 0 saturated heterocycles. The molecule has 0 N–H and O–H groups in total. The van der Waals surface area contributed by atoms with E-state index in [1.54, 1.807) is 12.1 Å². The Morgan fingerprint density at radius 1 is 0.529 bits per heavy atom. The summed E-state index contributed by atoms with van der Waals surface area (Å²) in [5.74, 6) is 0. The largest absolute Gasteiger partial charge is 0.0693 e. The zero-order valence-electron chi connectivity index (χ0n) is 13.0. The van der Waals surface area contributed by atoms with E-state index < -0.39 is 8.07 Å². The monoisotopic (exact) mass is 256 g/mol. The van der Waals surface area contributed by atoms with Crippen LogP contribution >= 0.6 is 0 Å². The van der Waals surface area contributed by atoms with Gasteiger partial charge in [0.25, 0.3) is 0 Å². The second-order valence-corrected chi connectivity index (χ2v) is 11.8. The number of hydrogen-bond acceptors (Lipinski definition) is 0. The first kappa shape index (κ1) is 17.2. The Bertz CT molecular complexity index is 136. The van der Waals surface area contributed by atoms with Crippen molar-refractivity contribution in [3.8, 4) is 0 Å². The Morgan fingerprint density at radius 3 is 1.24 bits per heavy atom. The molecule has 0 saturated carbocycles. The molecule has 0 amide bonds. The van der Waals surface area contributed by atoms with Gasteiger partial charge in [-0.15, -0.1) is 0 Å². The van der Waals surface area contributed by atoms with Crippen molar-refractivity contribution in [3.05, 3.63) is 0 Å². The minimum atomic E-state index is -0.824. The quantitative estimate of drug-likeness (QED) is 0.271. The topological polar surface area (TPSA) is 0 Å². The molecule has 0 nitrogen and oxygen atoms in total. The lowest BCUT2D eigenvalue weighted by Gasteiger charge is -2.22. The average molecular weight is 257 g/mol. The molecular formula is C16H36Si. The van der Waals surface area contributed by atoms with Crippen molar-refractivity contribution >= 4 is 8.07 Å². The molecule has 0 bridgehead atoms. The first-order valence-electron chi connectivity index (χ1n) is 8.12. The normalized spacial score (nSPS) is 12.0. The lowest BCUT2D eigenvalue weighted by Crippen LogP contribution is -2.24. The Hall–Kier alpha value is 0.217. The smallest absolute Gasteiger partial charge is 0.0473 e. The third-order valence-electron chi connectivity index (χ3n) is 3.91. The van der Waals surface area contributed by atoms with Gasteiger partial charge >= 0.3 is 0 Å². The maximum Gasteiger partial charge on any atom is 0.0473 e. The van der Waals surface area contributed by atoms with E-state index in [9.17, 15) is 0 Å². The van der Waals surface area contributed by atoms with Gasteiger partial charge in [0, 0.05) is 8.07 Å². The third-order valence-corrected chi connectivity index (χ3v) is 7.33. The van der Waals surface area contributed by atoms with E-state index in [0.717, 1.165) is 0 Å². The van der Waals surface area contributed by atoms with Crippen LogP contribution in [0.4, 0.5) is 0 Å². The van der Waals surface area contributed by atoms with E-state index in [4.69, 9.17) is 0 Å². The molecule has 0 aromatic rings. The fourth-order valence-electron chi connectivity index (χ4n) is 2.54. The highest BCUT2D eigenvalue weighted by Gasteiger charge is 2.18. The van der Waals surface area contributed by atoms with Crippen molar-refractivity contribution in [2.24, 2.45) is 0 Å². The second-order valence-electron chi connectivity index (χ2n) is 6.49. The lowest BCUT2D eigenvalue weighted by atomic mass is 10.2. The van der Waals surface area contributed by atoms with Gasteiger partial charge in [0.1, 0.15) is 0 Å². The van der Waals surface area contributed by atoms with Gasteiger partial charge in [0.2, 0.25) is 0 Å². The van der Waals surface area contributed by atoms with Gasteiger partial charge in [0.15, 0.2) is 0 Å². The summed E-state index contributed by atoms with van der Waals surface area (Å²) in [7, 11) is -0.824. The molecule has 0 aliphatic carbocycles. The van der Waals surface area contributed by atoms with Gasteiger partial charge in [-0.1, -0.05) is 103 Å². The summed E-state index contributed by atoms with van der Waals surface area (Å²) >= 11 is 0. The first-order valence-corrected chi connectivity index (χ1v) is 11.5. The van der Waals surface area contributed by atoms with Crippen LogP contribution in [0, 0.1) is 0 Å². The molecule has 0 radical (unpaired) electrons. The molecule has 0 aliphatic rings. The van der Waals surface area contributed by atoms with Crippen molar-refractivity contribution in [3.63, 3.8) is 0 Å². The Morgan fingerprint density at radius 2 is 0.882 bits per heavy atom. The molecule has 0 rings (SSSR count). The summed E-state index contributed by atoms with van der Waals surface area (Å²) in [6.45, 7) is 9.81. The zero-order chi connectivity index (χ0) is 13.0. The Kier molecular flexibility index (Phi) is 11.5. The summed E-state index contributed by atoms with van der Waals surface area (Å²) in [5.41, 5.74) is 0. The van der Waals surface area contributed by atoms with Crippen molar-refractivity contribution in [1.82, 2.24) is 0 Å². The SMILES string of the molecule is CCCCCCC[Si](C)(C)CCCCCCC. The van der Waals surface area contributed by atoms with Gasteiger partial charge in [-0.2, -0.15) is 0 Å². The molecule has 104 valence electrons. The van der Waals surface area contributed by atoms with Crippen LogP contribution in [-0.4, -0.2) is 8.07 Å². The summed E-state index contributed by atoms with van der Waals surface area (Å²) in [6.07, 6.45) is 14.6. The number of hydrogen-bond donors (Lipinski definition) is 0. The van der Waals surface area contributed by atoms with Crippen LogP contribution < -0.4 is 0 Å². The summed E-state index contributed by atoms with van der Waals surface area (Å²) < 4.78 is 0. The van der Waals surface area contributed by atoms with Gasteiger partial charge < -0.3 is 0 Å². The molecule has 0 aliphatic heterocycles. The molecule has 0 aromatic heterocycles. The van der Waals surface area contributed by atoms with E-state index in [0.29, 0.717) is 0 Å². The highest BCUT2D eigenvalue weighted by molar-refractivity contribution is 6.77. The van der Waals surface area contributed by atoms with Gasteiger partial charge in [-0.05, 0) is 0 Å². The third kappa shape index (κ3) is 12.5. The lowest BCUT2D eigenvalue weighted by molar-refractivity contribution is 0.642. The van der Waals surface area contributed by atoms with Crippen LogP contribution in [0.5, 0.6) is 0 Å². The summed E-state index contributed by atoms with van der Waals surface area (Å²) in [6, 6.07) is 3.15. The standard InChI is InChI=1S/C16H36Si/c1-5-7-9-11-13-15-17(3,4)16-14-12-10-8-6-2/h5-16H2,1-4H3. The predicted molar refractivity (Wildman–Crippen MR) is 84.6 cm³/mol. The van der Waals surface area contributed by atoms with Crippen LogP contribution in [-0.2, 0) is 0 Å². The van der Waals surface area contributed by atoms with E-state index >= 15 is 0 Å². The summed E-state index contributed by atoms with van der Waals surface area (Å²) in [4.78, 5) is 0. The number of rotatable bonds is 12. The van der Waals surface area contributed by atoms with E-state index in [-0.39, 0.29) is 0 Å². The van der Waals surface area contributed by atoms with Crippen LogP contribution in [0.15, 0.2) is 0 Å². The fraction of sp³-hybridized carbons (Fsp3) is 1.00. The molecule has 0 atom stereocenters. The van der Waals surface area contributed by atoms with E-state index in [1.165, 1.54) is 64.2 Å². The number of unbranched alkanes of at least 4 members (excludes halogenated alkanes) is 8. The maximum absolute atomic E-state index is 2.60. The van der Waals surface area contributed by atoms with Crippen LogP contribution in [0.25, 0.3) is 0 Å². The van der Waals surface area contributed by atoms with Crippen molar-refractivity contribution in [2.75, 3.05) is 0 Å². The van der Waals surface area contributed by atoms with E-state index in [2.05, 4.69) is 26.9 Å². The maximum atomic E-state index is 2.60. The molecule has 17 heavy (non-hydrogen) atoms. The first-order chi connectivity index (χ1) is 8.12. The predicted octanol–water partition coefficient (Wildman–Crippen LogP) is 6.64. The van der Waals surface area contributed by atoms with Crippen LogP contribution in [0.1, 0.15) is 78.1 Å². The van der Waals surface area contributed by atoms with Crippen molar-refractivity contribution in [2.45, 2.75) is 103 Å². The summed E-state index contributed by atoms with van der Waals surface area (Å²) in [5, 5.41) is 0. The second kappa shape index (κ2) is 11.3. The highest BCUT2D eigenvalue weighted by Crippen LogP contribution is 2.23. The molecule has 0 heterocycles. The Balaban J connectivity index is 3.38. The highest BCUT2D eigenvalue weighted by atomic mass is 28.3. The van der Waals surface area contributed by atoms with Crippen molar-refractivity contribution < 1.29 is 0 Å². The van der Waals surface area contributed by atoms with Crippen molar-refractivity contribution in [1.29, 1.82) is 0 Å². The molecule has 0 spiro atoms. The molecular weight excluding hydrogens is 220 g/mol. The minimum absolute atomic E-state index is 0.824. The molecule has 0 fully saturated rings. The van der Waals surface area contributed by atoms with Gasteiger partial charge in [0.05, 0.1) is 0 Å². The fourth-order valence-corrected chi connectivity index (χ4v) is 5.20. The minimum Gasteiger partial charge on any atom is -0.0693 e. The van der Waals surface area contributed by atoms with Gasteiger partial charge in [-0.3, -0.25) is 0 Å². The molecule has 0 unspecified atom stereocenters. The van der Waals surface area contributed by atoms with Gasteiger partial charge in [-0.25, -0.2) is 0 Å². The zero-order valence-corrected chi connectivity index (χ0v) is 14.0. The van der Waals surface area contributed by atoms with Crippen LogP contribution in [0.3, 0.4) is 0 Å². The van der Waals surface area contributed by atoms with E-state index in [1.807, 2.05) is 0 Å². The average Bonchev–Trinajstić information content (AvgIpc) is 2.28.